The molecule has 1 fully saturated rings. The van der Waals surface area contributed by atoms with Crippen molar-refractivity contribution in [2.45, 2.75) is 31.7 Å². The van der Waals surface area contributed by atoms with Gasteiger partial charge in [-0.15, -0.1) is 0 Å². The van der Waals surface area contributed by atoms with E-state index in [0.717, 1.165) is 24.1 Å². The molecule has 1 aliphatic carbocycles. The van der Waals surface area contributed by atoms with E-state index < -0.39 is 0 Å². The molecule has 1 aliphatic rings. The Balaban J connectivity index is 1.49. The maximum absolute atomic E-state index is 13.5. The summed E-state index contributed by atoms with van der Waals surface area (Å²) >= 11 is 0. The number of carbonyl (C=O) groups excluding carboxylic acids is 1. The number of hydrogen-bond acceptors (Lipinski definition) is 4. The normalized spacial score (nSPS) is 13.9. The van der Waals surface area contributed by atoms with Crippen LogP contribution in [-0.4, -0.2) is 22.6 Å². The molecule has 1 amide bonds. The molecular formula is C26H24FN3O3. The van der Waals surface area contributed by atoms with Gasteiger partial charge in [0, 0.05) is 23.4 Å². The Morgan fingerprint density at radius 1 is 1.12 bits per heavy atom. The van der Waals surface area contributed by atoms with Gasteiger partial charge in [-0.2, -0.15) is 0 Å². The highest BCUT2D eigenvalue weighted by Gasteiger charge is 2.26. The highest BCUT2D eigenvalue weighted by atomic mass is 19.1. The van der Waals surface area contributed by atoms with Crippen LogP contribution >= 0.6 is 0 Å². The lowest BCUT2D eigenvalue weighted by atomic mass is 10.1. The van der Waals surface area contributed by atoms with Crippen LogP contribution in [0.25, 0.3) is 22.7 Å². The summed E-state index contributed by atoms with van der Waals surface area (Å²) in [4.78, 5) is 17.5. The molecule has 7 heteroatoms. The van der Waals surface area contributed by atoms with Crippen molar-refractivity contribution >= 4 is 11.6 Å². The van der Waals surface area contributed by atoms with Crippen molar-refractivity contribution in [3.8, 4) is 28.5 Å². The summed E-state index contributed by atoms with van der Waals surface area (Å²) in [5.41, 5.74) is 2.91. The minimum absolute atomic E-state index is 0.192. The third kappa shape index (κ3) is 4.26. The topological polar surface area (TPSA) is 69.3 Å². The van der Waals surface area contributed by atoms with E-state index in [0.29, 0.717) is 28.9 Å². The van der Waals surface area contributed by atoms with Gasteiger partial charge in [0.1, 0.15) is 17.3 Å². The largest absolute Gasteiger partial charge is 0.497 e. The van der Waals surface area contributed by atoms with Crippen LogP contribution in [0, 0.1) is 5.82 Å². The number of nitrogens with zero attached hydrogens (tertiary/aromatic N) is 2. The zero-order chi connectivity index (χ0) is 22.8. The molecule has 0 unspecified atom stereocenters. The molecule has 0 atom stereocenters. The van der Waals surface area contributed by atoms with Gasteiger partial charge in [-0.3, -0.25) is 4.79 Å². The van der Waals surface area contributed by atoms with Crippen LogP contribution in [0.5, 0.6) is 5.75 Å². The van der Waals surface area contributed by atoms with Gasteiger partial charge in [-0.1, -0.05) is 18.9 Å². The van der Waals surface area contributed by atoms with Crippen molar-refractivity contribution in [3.05, 3.63) is 78.6 Å². The summed E-state index contributed by atoms with van der Waals surface area (Å²) in [5.74, 6) is 0.735. The molecule has 2 aromatic heterocycles. The van der Waals surface area contributed by atoms with E-state index in [1.54, 1.807) is 49.6 Å². The minimum Gasteiger partial charge on any atom is -0.497 e. The van der Waals surface area contributed by atoms with Crippen molar-refractivity contribution < 1.29 is 18.3 Å². The van der Waals surface area contributed by atoms with Crippen LogP contribution in [0.1, 0.15) is 42.3 Å². The van der Waals surface area contributed by atoms with Gasteiger partial charge in [0.05, 0.1) is 19.1 Å². The second kappa shape index (κ2) is 8.94. The van der Waals surface area contributed by atoms with Gasteiger partial charge >= 0.3 is 0 Å². The molecule has 2 aromatic carbocycles. The van der Waals surface area contributed by atoms with E-state index in [-0.39, 0.29) is 17.5 Å². The number of ether oxygens (including phenoxy) is 1. The third-order valence-electron chi connectivity index (χ3n) is 6.02. The number of amides is 1. The molecule has 33 heavy (non-hydrogen) atoms. The fourth-order valence-electron chi connectivity index (χ4n) is 4.36. The van der Waals surface area contributed by atoms with E-state index in [2.05, 4.69) is 14.9 Å². The van der Waals surface area contributed by atoms with E-state index in [1.165, 1.54) is 25.0 Å². The quantitative estimate of drug-likeness (QED) is 0.377. The molecular weight excluding hydrogens is 421 g/mol. The number of rotatable bonds is 6. The maximum atomic E-state index is 13.5. The average Bonchev–Trinajstić information content (AvgIpc) is 3.59. The van der Waals surface area contributed by atoms with E-state index in [9.17, 15) is 9.18 Å². The standard InChI is InChI=1S/C26H24FN3O3/c1-32-21-8-4-5-19(15-21)29-26(31)23-14-13-22(33-23)25-24(17-9-11-18(27)12-10-17)28-16-30(25)20-6-2-3-7-20/h4-5,8-16,20H,2-3,6-7H2,1H3,(H,29,31). The lowest BCUT2D eigenvalue weighted by Crippen LogP contribution is -2.10. The summed E-state index contributed by atoms with van der Waals surface area (Å²) in [6.45, 7) is 0. The summed E-state index contributed by atoms with van der Waals surface area (Å²) in [7, 11) is 1.58. The van der Waals surface area contributed by atoms with Crippen molar-refractivity contribution in [3.63, 3.8) is 0 Å². The second-order valence-electron chi connectivity index (χ2n) is 8.14. The zero-order valence-electron chi connectivity index (χ0n) is 18.3. The number of methoxy groups -OCH3 is 1. The molecule has 1 N–H and O–H groups in total. The highest BCUT2D eigenvalue weighted by molar-refractivity contribution is 6.02. The highest BCUT2D eigenvalue weighted by Crippen LogP contribution is 2.39. The predicted octanol–water partition coefficient (Wildman–Crippen LogP) is 6.33. The van der Waals surface area contributed by atoms with E-state index >= 15 is 0 Å². The fraction of sp³-hybridized carbons (Fsp3) is 0.231. The van der Waals surface area contributed by atoms with Gasteiger partial charge in [0.25, 0.3) is 5.91 Å². The van der Waals surface area contributed by atoms with E-state index in [4.69, 9.17) is 9.15 Å². The zero-order valence-corrected chi connectivity index (χ0v) is 18.3. The van der Waals surface area contributed by atoms with E-state index in [1.807, 2.05) is 12.4 Å². The lowest BCUT2D eigenvalue weighted by molar-refractivity contribution is 0.0997. The second-order valence-corrected chi connectivity index (χ2v) is 8.14. The van der Waals surface area contributed by atoms with Crippen LogP contribution < -0.4 is 10.1 Å². The van der Waals surface area contributed by atoms with Gasteiger partial charge in [0.2, 0.25) is 0 Å². The van der Waals surface area contributed by atoms with Crippen molar-refractivity contribution in [2.24, 2.45) is 0 Å². The monoisotopic (exact) mass is 445 g/mol. The fourth-order valence-corrected chi connectivity index (χ4v) is 4.36. The molecule has 5 rings (SSSR count). The number of carbonyl (C=O) groups is 1. The molecule has 0 saturated heterocycles. The van der Waals surface area contributed by atoms with Crippen LogP contribution in [0.4, 0.5) is 10.1 Å². The number of furan rings is 1. The number of aromatic nitrogens is 2. The van der Waals surface area contributed by atoms with Gasteiger partial charge in [0.15, 0.2) is 11.5 Å². The minimum atomic E-state index is -0.357. The number of anilines is 1. The smallest absolute Gasteiger partial charge is 0.291 e. The Morgan fingerprint density at radius 3 is 2.67 bits per heavy atom. The first-order chi connectivity index (χ1) is 16.1. The summed E-state index contributed by atoms with van der Waals surface area (Å²) in [5, 5.41) is 2.84. The molecule has 0 spiro atoms. The van der Waals surface area contributed by atoms with Crippen LogP contribution in [-0.2, 0) is 0 Å². The summed E-state index contributed by atoms with van der Waals surface area (Å²) < 4.78 is 26.9. The van der Waals surface area contributed by atoms with Crippen molar-refractivity contribution in [2.75, 3.05) is 12.4 Å². The first kappa shape index (κ1) is 21.0. The number of nitrogens with one attached hydrogen (secondary N) is 1. The van der Waals surface area contributed by atoms with Gasteiger partial charge < -0.3 is 19.0 Å². The Hall–Kier alpha value is -3.87. The number of hydrogen-bond donors (Lipinski definition) is 1. The molecule has 4 aromatic rings. The molecule has 168 valence electrons. The predicted molar refractivity (Wildman–Crippen MR) is 124 cm³/mol. The number of imidazole rings is 1. The summed E-state index contributed by atoms with van der Waals surface area (Å²) in [6, 6.07) is 17.2. The molecule has 0 aliphatic heterocycles. The molecule has 0 bridgehead atoms. The van der Waals surface area contributed by atoms with Gasteiger partial charge in [-0.05, 0) is 61.4 Å². The third-order valence-corrected chi connectivity index (χ3v) is 6.02. The van der Waals surface area contributed by atoms with Crippen molar-refractivity contribution in [1.82, 2.24) is 9.55 Å². The maximum Gasteiger partial charge on any atom is 0.291 e. The Morgan fingerprint density at radius 2 is 1.91 bits per heavy atom. The van der Waals surface area contributed by atoms with Crippen LogP contribution in [0.3, 0.4) is 0 Å². The molecule has 1 saturated carbocycles. The average molecular weight is 445 g/mol. The number of halogens is 1. The first-order valence-electron chi connectivity index (χ1n) is 11.0. The Kier molecular flexibility index (Phi) is 5.69. The van der Waals surface area contributed by atoms with Crippen LogP contribution in [0.15, 0.2) is 71.4 Å². The molecule has 6 nitrogen and oxygen atoms in total. The first-order valence-corrected chi connectivity index (χ1v) is 11.0. The van der Waals surface area contributed by atoms with Crippen LogP contribution in [0.2, 0.25) is 0 Å². The SMILES string of the molecule is COc1cccc(NC(=O)c2ccc(-c3c(-c4ccc(F)cc4)ncn3C3CCCC3)o2)c1. The van der Waals surface area contributed by atoms with Crippen molar-refractivity contribution in [1.29, 1.82) is 0 Å². The summed E-state index contributed by atoms with van der Waals surface area (Å²) in [6.07, 6.45) is 6.29. The lowest BCUT2D eigenvalue weighted by Gasteiger charge is -2.15. The van der Waals surface area contributed by atoms with Gasteiger partial charge in [-0.25, -0.2) is 9.37 Å². The molecule has 0 radical (unpaired) electrons. The Bertz CT molecular complexity index is 1270. The Labute approximate surface area is 191 Å². The molecule has 2 heterocycles. The number of benzene rings is 2.